The number of aromatic carboxylic acids is 2. The quantitative estimate of drug-likeness (QED) is 0.206. The number of hydrogen-bond acceptors (Lipinski definition) is 6. The van der Waals surface area contributed by atoms with E-state index in [9.17, 15) is 9.59 Å². The third-order valence-corrected chi connectivity index (χ3v) is 5.13. The molecule has 0 aliphatic heterocycles. The van der Waals surface area contributed by atoms with Crippen LogP contribution in [0.5, 0.6) is 11.5 Å². The first kappa shape index (κ1) is 25.4. The highest BCUT2D eigenvalue weighted by Crippen LogP contribution is 2.22. The van der Waals surface area contributed by atoms with Gasteiger partial charge in [0.1, 0.15) is 11.5 Å². The summed E-state index contributed by atoms with van der Waals surface area (Å²) in [5.41, 5.74) is 2.51. The molecule has 0 saturated heterocycles. The van der Waals surface area contributed by atoms with Crippen LogP contribution in [0.3, 0.4) is 0 Å². The molecule has 0 bridgehead atoms. The molecule has 0 radical (unpaired) electrons. The number of hydrogen-bond donors (Lipinski definition) is 2. The van der Waals surface area contributed by atoms with Gasteiger partial charge in [0.2, 0.25) is 0 Å². The van der Waals surface area contributed by atoms with E-state index in [0.717, 1.165) is 48.9 Å². The van der Waals surface area contributed by atoms with E-state index in [4.69, 9.17) is 19.7 Å². The zero-order valence-corrected chi connectivity index (χ0v) is 19.5. The van der Waals surface area contributed by atoms with Crippen LogP contribution in [0.1, 0.15) is 52.0 Å². The van der Waals surface area contributed by atoms with Crippen molar-refractivity contribution in [2.24, 2.45) is 10.2 Å². The first-order chi connectivity index (χ1) is 16.9. The van der Waals surface area contributed by atoms with Crippen molar-refractivity contribution >= 4 is 23.3 Å². The maximum Gasteiger partial charge on any atom is 0.335 e. The standard InChI is InChI=1S/C27H28N2O6/c1-19-6-8-22(9-7-19)28-29-23-10-12-24(13-11-23)34-14-4-2-3-5-15-35-25-17-20(26(30)31)16-21(18-25)27(32)33/h6-13,16-18H,2-5,14-15H2,1H3,(H,30,31)(H,32,33)/b29-28+. The molecule has 3 aromatic rings. The fourth-order valence-electron chi connectivity index (χ4n) is 3.20. The molecule has 3 rings (SSSR count). The molecule has 8 nitrogen and oxygen atoms in total. The highest BCUT2D eigenvalue weighted by molar-refractivity contribution is 5.94. The molecule has 182 valence electrons. The summed E-state index contributed by atoms with van der Waals surface area (Å²) in [5.74, 6) is -1.37. The average molecular weight is 477 g/mol. The molecule has 3 aromatic carbocycles. The zero-order chi connectivity index (χ0) is 25.0. The van der Waals surface area contributed by atoms with Gasteiger partial charge >= 0.3 is 11.9 Å². The van der Waals surface area contributed by atoms with Crippen molar-refractivity contribution in [1.29, 1.82) is 0 Å². The molecule has 0 aliphatic rings. The molecular weight excluding hydrogens is 448 g/mol. The van der Waals surface area contributed by atoms with Gasteiger partial charge < -0.3 is 19.7 Å². The zero-order valence-electron chi connectivity index (χ0n) is 19.5. The Kier molecular flexibility index (Phi) is 9.36. The number of carboxylic acids is 2. The molecule has 0 atom stereocenters. The van der Waals surface area contributed by atoms with Crippen LogP contribution >= 0.6 is 0 Å². The predicted molar refractivity (Wildman–Crippen MR) is 132 cm³/mol. The van der Waals surface area contributed by atoms with Gasteiger partial charge in [-0.15, -0.1) is 0 Å². The van der Waals surface area contributed by atoms with Crippen molar-refractivity contribution in [1.82, 2.24) is 0 Å². The molecule has 2 N–H and O–H groups in total. The van der Waals surface area contributed by atoms with E-state index < -0.39 is 11.9 Å². The van der Waals surface area contributed by atoms with E-state index in [0.29, 0.717) is 13.2 Å². The van der Waals surface area contributed by atoms with E-state index >= 15 is 0 Å². The van der Waals surface area contributed by atoms with Gasteiger partial charge in [0.05, 0.1) is 35.7 Å². The molecule has 0 aromatic heterocycles. The van der Waals surface area contributed by atoms with Gasteiger partial charge in [-0.1, -0.05) is 17.7 Å². The fourth-order valence-corrected chi connectivity index (χ4v) is 3.20. The monoisotopic (exact) mass is 476 g/mol. The maximum absolute atomic E-state index is 11.1. The van der Waals surface area contributed by atoms with Gasteiger partial charge in [0, 0.05) is 0 Å². The van der Waals surface area contributed by atoms with Crippen molar-refractivity contribution in [2.45, 2.75) is 32.6 Å². The van der Waals surface area contributed by atoms with Crippen molar-refractivity contribution in [3.05, 3.63) is 83.4 Å². The first-order valence-corrected chi connectivity index (χ1v) is 11.4. The fraction of sp³-hybridized carbons (Fsp3) is 0.259. The van der Waals surface area contributed by atoms with Crippen LogP contribution in [-0.4, -0.2) is 35.4 Å². The summed E-state index contributed by atoms with van der Waals surface area (Å²) in [6.45, 7) is 2.99. The highest BCUT2D eigenvalue weighted by Gasteiger charge is 2.12. The largest absolute Gasteiger partial charge is 0.494 e. The topological polar surface area (TPSA) is 118 Å². The minimum Gasteiger partial charge on any atom is -0.494 e. The van der Waals surface area contributed by atoms with E-state index in [2.05, 4.69) is 10.2 Å². The van der Waals surface area contributed by atoms with E-state index in [1.54, 1.807) is 0 Å². The summed E-state index contributed by atoms with van der Waals surface area (Å²) in [4.78, 5) is 22.3. The maximum atomic E-state index is 11.1. The van der Waals surface area contributed by atoms with Crippen molar-refractivity contribution < 1.29 is 29.3 Å². The van der Waals surface area contributed by atoms with Gasteiger partial charge in [-0.25, -0.2) is 9.59 Å². The Bertz CT molecular complexity index is 1130. The number of unbranched alkanes of at least 4 members (excludes halogenated alkanes) is 3. The number of rotatable bonds is 13. The number of ether oxygens (including phenoxy) is 2. The molecule has 0 unspecified atom stereocenters. The van der Waals surface area contributed by atoms with Crippen molar-refractivity contribution in [2.75, 3.05) is 13.2 Å². The molecule has 0 aliphatic carbocycles. The molecule has 8 heteroatoms. The third kappa shape index (κ3) is 8.58. The minimum absolute atomic E-state index is 0.112. The van der Waals surface area contributed by atoms with Gasteiger partial charge in [-0.3, -0.25) is 0 Å². The summed E-state index contributed by atoms with van der Waals surface area (Å²) in [5, 5.41) is 26.7. The van der Waals surface area contributed by atoms with E-state index in [-0.39, 0.29) is 16.9 Å². The number of aryl methyl sites for hydroxylation is 1. The van der Waals surface area contributed by atoms with Crippen LogP contribution in [0.4, 0.5) is 11.4 Å². The summed E-state index contributed by atoms with van der Waals surface area (Å²) >= 11 is 0. The van der Waals surface area contributed by atoms with Crippen LogP contribution in [0.25, 0.3) is 0 Å². The lowest BCUT2D eigenvalue weighted by Gasteiger charge is -2.09. The third-order valence-electron chi connectivity index (χ3n) is 5.13. The Morgan fingerprint density at radius 1 is 0.657 bits per heavy atom. The Hall–Kier alpha value is -4.20. The van der Waals surface area contributed by atoms with E-state index in [1.165, 1.54) is 17.7 Å². The Morgan fingerprint density at radius 3 is 1.60 bits per heavy atom. The smallest absolute Gasteiger partial charge is 0.335 e. The van der Waals surface area contributed by atoms with Crippen LogP contribution in [0.15, 0.2) is 77.0 Å². The summed E-state index contributed by atoms with van der Waals surface area (Å²) in [6, 6.07) is 19.1. The summed E-state index contributed by atoms with van der Waals surface area (Å²) < 4.78 is 11.3. The summed E-state index contributed by atoms with van der Waals surface area (Å²) in [6.07, 6.45) is 3.50. The van der Waals surface area contributed by atoms with Crippen LogP contribution < -0.4 is 9.47 Å². The van der Waals surface area contributed by atoms with Gasteiger partial charge in [-0.05, 0) is 87.2 Å². The van der Waals surface area contributed by atoms with Gasteiger partial charge in [-0.2, -0.15) is 10.2 Å². The predicted octanol–water partition coefficient (Wildman–Crippen LogP) is 6.83. The van der Waals surface area contributed by atoms with Crippen LogP contribution in [0, 0.1) is 6.92 Å². The second-order valence-corrected chi connectivity index (χ2v) is 8.00. The average Bonchev–Trinajstić information content (AvgIpc) is 2.85. The number of carboxylic acid groups (broad SMARTS) is 2. The molecule has 35 heavy (non-hydrogen) atoms. The van der Waals surface area contributed by atoms with Crippen LogP contribution in [0.2, 0.25) is 0 Å². The van der Waals surface area contributed by atoms with Crippen LogP contribution in [-0.2, 0) is 0 Å². The Labute approximate surface area is 203 Å². The number of benzene rings is 3. The molecule has 0 spiro atoms. The first-order valence-electron chi connectivity index (χ1n) is 11.4. The summed E-state index contributed by atoms with van der Waals surface area (Å²) in [7, 11) is 0. The Balaban J connectivity index is 1.32. The second-order valence-electron chi connectivity index (χ2n) is 8.00. The number of nitrogens with zero attached hydrogens (tertiary/aromatic N) is 2. The molecule has 0 amide bonds. The minimum atomic E-state index is -1.20. The number of azo groups is 1. The van der Waals surface area contributed by atoms with Crippen molar-refractivity contribution in [3.63, 3.8) is 0 Å². The second kappa shape index (κ2) is 12.9. The lowest BCUT2D eigenvalue weighted by atomic mass is 10.1. The van der Waals surface area contributed by atoms with Crippen molar-refractivity contribution in [3.8, 4) is 11.5 Å². The molecule has 0 heterocycles. The Morgan fingerprint density at radius 2 is 1.11 bits per heavy atom. The molecule has 0 fully saturated rings. The lowest BCUT2D eigenvalue weighted by Crippen LogP contribution is -2.05. The van der Waals surface area contributed by atoms with Gasteiger partial charge in [0.15, 0.2) is 0 Å². The number of carbonyl (C=O) groups is 2. The van der Waals surface area contributed by atoms with E-state index in [1.807, 2.05) is 55.5 Å². The molecule has 0 saturated carbocycles. The highest BCUT2D eigenvalue weighted by atomic mass is 16.5. The normalized spacial score (nSPS) is 10.9. The van der Waals surface area contributed by atoms with Gasteiger partial charge in [0.25, 0.3) is 0 Å². The lowest BCUT2D eigenvalue weighted by molar-refractivity contribution is 0.0696. The SMILES string of the molecule is Cc1ccc(/N=N/c2ccc(OCCCCCCOc3cc(C(=O)O)cc(C(=O)O)c3)cc2)cc1. The molecular formula is C27H28N2O6.